The van der Waals surface area contributed by atoms with E-state index in [1.807, 2.05) is 17.7 Å². The van der Waals surface area contributed by atoms with E-state index in [1.165, 1.54) is 17.0 Å². The van der Waals surface area contributed by atoms with Crippen molar-refractivity contribution >= 4 is 18.0 Å². The number of aryl methyl sites for hydroxylation is 2. The molecule has 0 aliphatic carbocycles. The molecule has 2 N–H and O–H groups in total. The lowest BCUT2D eigenvalue weighted by molar-refractivity contribution is -0.116. The van der Waals surface area contributed by atoms with Gasteiger partial charge in [0, 0.05) is 38.3 Å². The fourth-order valence-corrected chi connectivity index (χ4v) is 1.97. The number of rotatable bonds is 6. The Morgan fingerprint density at radius 2 is 2.23 bits per heavy atom. The van der Waals surface area contributed by atoms with Gasteiger partial charge in [0.2, 0.25) is 5.91 Å². The number of carbonyl (C=O) groups excluding carboxylic acids is 1. The molecule has 0 fully saturated rings. The molecular weight excluding hydrogens is 286 g/mol. The first-order valence-electron chi connectivity index (χ1n) is 6.74. The average molecular weight is 303 g/mol. The summed E-state index contributed by atoms with van der Waals surface area (Å²) in [6.07, 6.45) is 7.85. The van der Waals surface area contributed by atoms with Crippen LogP contribution in [0.5, 0.6) is 0 Å². The highest BCUT2D eigenvalue weighted by Gasteiger charge is 2.14. The van der Waals surface area contributed by atoms with Crippen molar-refractivity contribution in [3.8, 4) is 0 Å². The predicted molar refractivity (Wildman–Crippen MR) is 78.9 cm³/mol. The zero-order valence-electron chi connectivity index (χ0n) is 12.4. The molecule has 0 aliphatic heterocycles. The lowest BCUT2D eigenvalue weighted by Crippen LogP contribution is -2.22. The minimum absolute atomic E-state index is 0.0495. The third-order valence-electron chi connectivity index (χ3n) is 3.04. The Kier molecular flexibility index (Phi) is 4.72. The maximum atomic E-state index is 11.8. The standard InChI is InChI=1S/C14H17N5O3/c1-3-19-7-6-15-12(19)4-5-13(20)16-8-11-10(14(21)22)9-18(2)17-11/h4-7,9H,3,8H2,1-2H3,(H,16,20)(H,21,22)/b5-4+. The van der Waals surface area contributed by atoms with Crippen LogP contribution in [0.2, 0.25) is 0 Å². The smallest absolute Gasteiger partial charge is 0.339 e. The van der Waals surface area contributed by atoms with Gasteiger partial charge in [-0.2, -0.15) is 5.10 Å². The van der Waals surface area contributed by atoms with Crippen LogP contribution >= 0.6 is 0 Å². The van der Waals surface area contributed by atoms with E-state index in [0.717, 1.165) is 6.54 Å². The van der Waals surface area contributed by atoms with Gasteiger partial charge in [0.05, 0.1) is 12.2 Å². The quantitative estimate of drug-likeness (QED) is 0.763. The zero-order chi connectivity index (χ0) is 16.1. The molecule has 22 heavy (non-hydrogen) atoms. The molecule has 2 aromatic heterocycles. The van der Waals surface area contributed by atoms with Crippen LogP contribution in [0.3, 0.4) is 0 Å². The molecule has 116 valence electrons. The Balaban J connectivity index is 1.97. The van der Waals surface area contributed by atoms with Crippen LogP contribution in [0.15, 0.2) is 24.7 Å². The van der Waals surface area contributed by atoms with Gasteiger partial charge in [-0.25, -0.2) is 9.78 Å². The van der Waals surface area contributed by atoms with Gasteiger partial charge in [-0.05, 0) is 13.0 Å². The number of aromatic nitrogens is 4. The molecule has 0 saturated heterocycles. The third-order valence-corrected chi connectivity index (χ3v) is 3.04. The van der Waals surface area contributed by atoms with Gasteiger partial charge in [0.25, 0.3) is 0 Å². The number of aromatic carboxylic acids is 1. The SMILES string of the molecule is CCn1ccnc1/C=C/C(=O)NCc1nn(C)cc1C(=O)O. The topological polar surface area (TPSA) is 102 Å². The van der Waals surface area contributed by atoms with Crippen molar-refractivity contribution in [2.24, 2.45) is 7.05 Å². The van der Waals surface area contributed by atoms with Crippen LogP contribution in [0.4, 0.5) is 0 Å². The average Bonchev–Trinajstić information content (AvgIpc) is 3.08. The number of imidazole rings is 1. The molecule has 0 bridgehead atoms. The maximum absolute atomic E-state index is 11.8. The second-order valence-corrected chi connectivity index (χ2v) is 4.59. The van der Waals surface area contributed by atoms with Gasteiger partial charge in [-0.15, -0.1) is 0 Å². The molecular formula is C14H17N5O3. The van der Waals surface area contributed by atoms with Gasteiger partial charge in [0.1, 0.15) is 11.4 Å². The molecule has 0 radical (unpaired) electrons. The number of amides is 1. The third kappa shape index (κ3) is 3.60. The second kappa shape index (κ2) is 6.70. The normalized spacial score (nSPS) is 11.0. The summed E-state index contributed by atoms with van der Waals surface area (Å²) in [4.78, 5) is 26.9. The lowest BCUT2D eigenvalue weighted by atomic mass is 10.2. The maximum Gasteiger partial charge on any atom is 0.339 e. The van der Waals surface area contributed by atoms with E-state index in [0.29, 0.717) is 11.5 Å². The largest absolute Gasteiger partial charge is 0.478 e. The molecule has 8 nitrogen and oxygen atoms in total. The highest BCUT2D eigenvalue weighted by molar-refractivity contribution is 5.92. The Morgan fingerprint density at radius 3 is 2.91 bits per heavy atom. The Hall–Kier alpha value is -2.90. The minimum atomic E-state index is -1.07. The second-order valence-electron chi connectivity index (χ2n) is 4.59. The number of carboxylic acid groups (broad SMARTS) is 1. The summed E-state index contributed by atoms with van der Waals surface area (Å²) in [7, 11) is 1.63. The summed E-state index contributed by atoms with van der Waals surface area (Å²) in [5.41, 5.74) is 0.389. The van der Waals surface area contributed by atoms with E-state index in [1.54, 1.807) is 19.3 Å². The highest BCUT2D eigenvalue weighted by Crippen LogP contribution is 2.06. The van der Waals surface area contributed by atoms with E-state index in [4.69, 9.17) is 5.11 Å². The van der Waals surface area contributed by atoms with E-state index < -0.39 is 5.97 Å². The number of carboxylic acids is 1. The molecule has 8 heteroatoms. The van der Waals surface area contributed by atoms with Gasteiger partial charge in [-0.1, -0.05) is 0 Å². The molecule has 0 atom stereocenters. The molecule has 2 heterocycles. The summed E-state index contributed by atoms with van der Waals surface area (Å²) < 4.78 is 3.30. The summed E-state index contributed by atoms with van der Waals surface area (Å²) in [5.74, 6) is -0.729. The van der Waals surface area contributed by atoms with Crippen molar-refractivity contribution in [1.82, 2.24) is 24.6 Å². The number of carbonyl (C=O) groups is 2. The Bertz CT molecular complexity index is 714. The highest BCUT2D eigenvalue weighted by atomic mass is 16.4. The molecule has 0 aromatic carbocycles. The Morgan fingerprint density at radius 1 is 1.45 bits per heavy atom. The fraction of sp³-hybridized carbons (Fsp3) is 0.286. The van der Waals surface area contributed by atoms with Gasteiger partial charge in [0.15, 0.2) is 0 Å². The van der Waals surface area contributed by atoms with Crippen LogP contribution in [-0.4, -0.2) is 36.3 Å². The van der Waals surface area contributed by atoms with Crippen LogP contribution in [0.25, 0.3) is 6.08 Å². The summed E-state index contributed by atoms with van der Waals surface area (Å²) in [5, 5.41) is 15.7. The summed E-state index contributed by atoms with van der Waals surface area (Å²) >= 11 is 0. The number of hydrogen-bond donors (Lipinski definition) is 2. The van der Waals surface area contributed by atoms with Crippen molar-refractivity contribution < 1.29 is 14.7 Å². The van der Waals surface area contributed by atoms with E-state index in [2.05, 4.69) is 15.4 Å². The molecule has 0 saturated carbocycles. The number of nitrogens with zero attached hydrogens (tertiary/aromatic N) is 4. The van der Waals surface area contributed by atoms with Crippen molar-refractivity contribution in [1.29, 1.82) is 0 Å². The van der Waals surface area contributed by atoms with Crippen LogP contribution in [0.1, 0.15) is 28.8 Å². The molecule has 0 aliphatic rings. The van der Waals surface area contributed by atoms with E-state index >= 15 is 0 Å². The number of nitrogens with one attached hydrogen (secondary N) is 1. The summed E-state index contributed by atoms with van der Waals surface area (Å²) in [6.45, 7) is 2.79. The van der Waals surface area contributed by atoms with Crippen LogP contribution < -0.4 is 5.32 Å². The van der Waals surface area contributed by atoms with E-state index in [9.17, 15) is 9.59 Å². The monoisotopic (exact) mass is 303 g/mol. The molecule has 0 spiro atoms. The molecule has 0 unspecified atom stereocenters. The summed E-state index contributed by atoms with van der Waals surface area (Å²) in [6, 6.07) is 0. The first-order chi connectivity index (χ1) is 10.5. The van der Waals surface area contributed by atoms with Gasteiger partial charge < -0.3 is 15.0 Å². The van der Waals surface area contributed by atoms with Crippen LogP contribution in [-0.2, 0) is 24.9 Å². The van der Waals surface area contributed by atoms with Crippen molar-refractivity contribution in [3.05, 3.63) is 41.7 Å². The Labute approximate surface area is 127 Å². The van der Waals surface area contributed by atoms with Crippen molar-refractivity contribution in [2.75, 3.05) is 0 Å². The zero-order valence-corrected chi connectivity index (χ0v) is 12.4. The van der Waals surface area contributed by atoms with E-state index in [-0.39, 0.29) is 18.0 Å². The molecule has 1 amide bonds. The van der Waals surface area contributed by atoms with Gasteiger partial charge >= 0.3 is 5.97 Å². The molecule has 2 rings (SSSR count). The van der Waals surface area contributed by atoms with Crippen LogP contribution in [0, 0.1) is 0 Å². The predicted octanol–water partition coefficient (Wildman–Crippen LogP) is 0.664. The lowest BCUT2D eigenvalue weighted by Gasteiger charge is -2.01. The first kappa shape index (κ1) is 15.5. The first-order valence-corrected chi connectivity index (χ1v) is 6.74. The van der Waals surface area contributed by atoms with Gasteiger partial charge in [-0.3, -0.25) is 9.48 Å². The number of hydrogen-bond acceptors (Lipinski definition) is 4. The van der Waals surface area contributed by atoms with Crippen molar-refractivity contribution in [2.45, 2.75) is 20.0 Å². The minimum Gasteiger partial charge on any atom is -0.478 e. The molecule has 2 aromatic rings. The van der Waals surface area contributed by atoms with Crippen molar-refractivity contribution in [3.63, 3.8) is 0 Å². The fourth-order valence-electron chi connectivity index (χ4n) is 1.97.